The number of aromatic nitrogens is 2. The first kappa shape index (κ1) is 9.54. The molecule has 0 radical (unpaired) electrons. The SMILES string of the molecule is CC1(N)CN(c2nncc3ccccc23)C1. The van der Waals surface area contributed by atoms with Gasteiger partial charge in [0.1, 0.15) is 0 Å². The lowest BCUT2D eigenvalue weighted by Gasteiger charge is -2.46. The molecule has 0 aliphatic carbocycles. The smallest absolute Gasteiger partial charge is 0.159 e. The molecule has 0 atom stereocenters. The van der Waals surface area contributed by atoms with Crippen LogP contribution < -0.4 is 10.6 Å². The van der Waals surface area contributed by atoms with Crippen LogP contribution in [0.2, 0.25) is 0 Å². The number of rotatable bonds is 1. The van der Waals surface area contributed by atoms with E-state index in [9.17, 15) is 0 Å². The van der Waals surface area contributed by atoms with Gasteiger partial charge in [0, 0.05) is 29.4 Å². The lowest BCUT2D eigenvalue weighted by atomic mass is 9.93. The third-order valence-corrected chi connectivity index (χ3v) is 2.95. The Balaban J connectivity index is 2.05. The third kappa shape index (κ3) is 1.42. The lowest BCUT2D eigenvalue weighted by Crippen LogP contribution is -2.65. The van der Waals surface area contributed by atoms with E-state index in [1.54, 1.807) is 6.20 Å². The van der Waals surface area contributed by atoms with Gasteiger partial charge in [-0.2, -0.15) is 5.10 Å². The molecular formula is C12H14N4. The number of hydrogen-bond donors (Lipinski definition) is 1. The van der Waals surface area contributed by atoms with Crippen molar-refractivity contribution in [2.75, 3.05) is 18.0 Å². The predicted molar refractivity (Wildman–Crippen MR) is 64.3 cm³/mol. The summed E-state index contributed by atoms with van der Waals surface area (Å²) >= 11 is 0. The van der Waals surface area contributed by atoms with Crippen molar-refractivity contribution in [1.82, 2.24) is 10.2 Å². The van der Waals surface area contributed by atoms with Crippen molar-refractivity contribution in [2.45, 2.75) is 12.5 Å². The van der Waals surface area contributed by atoms with Crippen LogP contribution in [0.5, 0.6) is 0 Å². The van der Waals surface area contributed by atoms with E-state index in [1.165, 1.54) is 0 Å². The van der Waals surface area contributed by atoms with E-state index in [4.69, 9.17) is 5.73 Å². The van der Waals surface area contributed by atoms with E-state index in [-0.39, 0.29) is 5.54 Å². The number of nitrogens with zero attached hydrogens (tertiary/aromatic N) is 3. The molecule has 0 amide bonds. The van der Waals surface area contributed by atoms with Gasteiger partial charge >= 0.3 is 0 Å². The van der Waals surface area contributed by atoms with Crippen molar-refractivity contribution < 1.29 is 0 Å². The first-order valence-corrected chi connectivity index (χ1v) is 5.40. The average molecular weight is 214 g/mol. The van der Waals surface area contributed by atoms with Crippen molar-refractivity contribution in [3.8, 4) is 0 Å². The fraction of sp³-hybridized carbons (Fsp3) is 0.333. The Hall–Kier alpha value is -1.68. The minimum absolute atomic E-state index is 0.0847. The number of fused-ring (bicyclic) bond motifs is 1. The molecule has 0 spiro atoms. The van der Waals surface area contributed by atoms with Crippen molar-refractivity contribution in [1.29, 1.82) is 0 Å². The van der Waals surface area contributed by atoms with Crippen molar-refractivity contribution in [3.63, 3.8) is 0 Å². The minimum atomic E-state index is -0.0847. The molecule has 2 N–H and O–H groups in total. The normalized spacial score (nSPS) is 18.5. The quantitative estimate of drug-likeness (QED) is 0.774. The number of hydrogen-bond acceptors (Lipinski definition) is 4. The summed E-state index contributed by atoms with van der Waals surface area (Å²) in [6.07, 6.45) is 1.79. The van der Waals surface area contributed by atoms with Gasteiger partial charge in [0.05, 0.1) is 6.20 Å². The van der Waals surface area contributed by atoms with E-state index < -0.39 is 0 Å². The zero-order chi connectivity index (χ0) is 11.2. The summed E-state index contributed by atoms with van der Waals surface area (Å²) in [7, 11) is 0. The van der Waals surface area contributed by atoms with Crippen molar-refractivity contribution in [2.24, 2.45) is 5.73 Å². The Morgan fingerprint density at radius 2 is 2.06 bits per heavy atom. The van der Waals surface area contributed by atoms with E-state index in [0.29, 0.717) is 0 Å². The van der Waals surface area contributed by atoms with Crippen LogP contribution in [0.1, 0.15) is 6.92 Å². The molecule has 16 heavy (non-hydrogen) atoms. The maximum atomic E-state index is 6.00. The summed E-state index contributed by atoms with van der Waals surface area (Å²) in [5.74, 6) is 0.945. The summed E-state index contributed by atoms with van der Waals surface area (Å²) in [4.78, 5) is 2.18. The average Bonchev–Trinajstić information content (AvgIpc) is 2.25. The topological polar surface area (TPSA) is 55.0 Å². The van der Waals surface area contributed by atoms with Crippen molar-refractivity contribution in [3.05, 3.63) is 30.5 Å². The van der Waals surface area contributed by atoms with E-state index >= 15 is 0 Å². The molecule has 2 heterocycles. The molecule has 1 aromatic heterocycles. The zero-order valence-electron chi connectivity index (χ0n) is 9.22. The molecule has 1 saturated heterocycles. The highest BCUT2D eigenvalue weighted by Crippen LogP contribution is 2.29. The second kappa shape index (κ2) is 3.15. The largest absolute Gasteiger partial charge is 0.351 e. The third-order valence-electron chi connectivity index (χ3n) is 2.95. The van der Waals surface area contributed by atoms with Gasteiger partial charge in [-0.3, -0.25) is 0 Å². The van der Waals surface area contributed by atoms with E-state index in [1.807, 2.05) is 12.1 Å². The molecular weight excluding hydrogens is 200 g/mol. The van der Waals surface area contributed by atoms with Gasteiger partial charge in [-0.15, -0.1) is 5.10 Å². The minimum Gasteiger partial charge on any atom is -0.351 e. The van der Waals surface area contributed by atoms with Gasteiger partial charge in [0.25, 0.3) is 0 Å². The van der Waals surface area contributed by atoms with Crippen LogP contribution in [0, 0.1) is 0 Å². The van der Waals surface area contributed by atoms with Crippen molar-refractivity contribution >= 4 is 16.6 Å². The summed E-state index contributed by atoms with van der Waals surface area (Å²) in [6, 6.07) is 8.16. The second-order valence-corrected chi connectivity index (χ2v) is 4.77. The lowest BCUT2D eigenvalue weighted by molar-refractivity contribution is 0.363. The number of anilines is 1. The second-order valence-electron chi connectivity index (χ2n) is 4.77. The Kier molecular flexibility index (Phi) is 1.88. The van der Waals surface area contributed by atoms with Gasteiger partial charge in [0.15, 0.2) is 5.82 Å². The standard InChI is InChI=1S/C12H14N4/c1-12(13)7-16(8-12)11-10-5-3-2-4-9(10)6-14-15-11/h2-6H,7-8,13H2,1H3. The van der Waals surface area contributed by atoms with Crippen LogP contribution in [0.25, 0.3) is 10.8 Å². The highest BCUT2D eigenvalue weighted by Gasteiger charge is 2.36. The van der Waals surface area contributed by atoms with Crippen LogP contribution in [0.15, 0.2) is 30.5 Å². The van der Waals surface area contributed by atoms with Gasteiger partial charge in [0.2, 0.25) is 0 Å². The van der Waals surface area contributed by atoms with Gasteiger partial charge in [-0.1, -0.05) is 24.3 Å². The summed E-state index contributed by atoms with van der Waals surface area (Å²) < 4.78 is 0. The molecule has 82 valence electrons. The molecule has 2 aromatic rings. The summed E-state index contributed by atoms with van der Waals surface area (Å²) in [6.45, 7) is 3.74. The van der Waals surface area contributed by atoms with E-state index in [2.05, 4.69) is 34.2 Å². The highest BCUT2D eigenvalue weighted by atomic mass is 15.3. The zero-order valence-corrected chi connectivity index (χ0v) is 9.22. The fourth-order valence-electron chi connectivity index (χ4n) is 2.22. The molecule has 1 aliphatic heterocycles. The Morgan fingerprint density at radius 1 is 1.31 bits per heavy atom. The summed E-state index contributed by atoms with van der Waals surface area (Å²) in [5.41, 5.74) is 5.92. The van der Waals surface area contributed by atoms with Crippen LogP contribution >= 0.6 is 0 Å². The fourth-order valence-corrected chi connectivity index (χ4v) is 2.22. The van der Waals surface area contributed by atoms with Crippen LogP contribution in [-0.4, -0.2) is 28.8 Å². The highest BCUT2D eigenvalue weighted by molar-refractivity contribution is 5.91. The molecule has 3 rings (SSSR count). The Bertz CT molecular complexity index is 522. The molecule has 0 unspecified atom stereocenters. The summed E-state index contributed by atoms with van der Waals surface area (Å²) in [5, 5.41) is 10.5. The Labute approximate surface area is 94.1 Å². The van der Waals surface area contributed by atoms with Crippen LogP contribution in [-0.2, 0) is 0 Å². The van der Waals surface area contributed by atoms with Crippen LogP contribution in [0.4, 0.5) is 5.82 Å². The molecule has 1 aliphatic rings. The molecule has 4 nitrogen and oxygen atoms in total. The van der Waals surface area contributed by atoms with Crippen LogP contribution in [0.3, 0.4) is 0 Å². The molecule has 4 heteroatoms. The number of benzene rings is 1. The number of nitrogens with two attached hydrogens (primary N) is 1. The molecule has 1 aromatic carbocycles. The molecule has 0 bridgehead atoms. The van der Waals surface area contributed by atoms with Gasteiger partial charge < -0.3 is 10.6 Å². The maximum Gasteiger partial charge on any atom is 0.159 e. The monoisotopic (exact) mass is 214 g/mol. The Morgan fingerprint density at radius 3 is 2.81 bits per heavy atom. The first-order chi connectivity index (χ1) is 7.66. The van der Waals surface area contributed by atoms with E-state index in [0.717, 1.165) is 29.7 Å². The van der Waals surface area contributed by atoms with Gasteiger partial charge in [-0.05, 0) is 6.92 Å². The molecule has 0 saturated carbocycles. The first-order valence-electron chi connectivity index (χ1n) is 5.40. The predicted octanol–water partition coefficient (Wildman–Crippen LogP) is 1.17. The van der Waals surface area contributed by atoms with Gasteiger partial charge in [-0.25, -0.2) is 0 Å². The maximum absolute atomic E-state index is 6.00. The molecule has 1 fully saturated rings.